The van der Waals surface area contributed by atoms with Crippen LogP contribution in [-0.4, -0.2) is 51.4 Å². The van der Waals surface area contributed by atoms with Crippen molar-refractivity contribution in [1.82, 2.24) is 4.90 Å². The molecule has 0 atom stereocenters. The molecule has 1 aromatic rings. The van der Waals surface area contributed by atoms with Gasteiger partial charge in [-0.3, -0.25) is 9.69 Å². The first kappa shape index (κ1) is 16.1. The zero-order valence-corrected chi connectivity index (χ0v) is 12.3. The molecular weight excluding hydrogens is 278 g/mol. The summed E-state index contributed by atoms with van der Waals surface area (Å²) < 4.78 is 22.0. The van der Waals surface area contributed by atoms with Crippen molar-refractivity contribution in [3.8, 4) is 6.07 Å². The number of carbonyl (C=O) groups is 1. The fraction of sp³-hybridized carbons (Fsp3) is 0.385. The minimum atomic E-state index is -3.03. The second-order valence-electron chi connectivity index (χ2n) is 4.60. The van der Waals surface area contributed by atoms with Crippen molar-refractivity contribution in [2.24, 2.45) is 0 Å². The topological polar surface area (TPSA) is 90.3 Å². The van der Waals surface area contributed by atoms with Crippen molar-refractivity contribution in [2.45, 2.75) is 0 Å². The second kappa shape index (κ2) is 7.03. The van der Waals surface area contributed by atoms with Crippen molar-refractivity contribution < 1.29 is 13.2 Å². The lowest BCUT2D eigenvalue weighted by atomic mass is 10.2. The lowest BCUT2D eigenvalue weighted by Crippen LogP contribution is -2.33. The van der Waals surface area contributed by atoms with E-state index in [1.165, 1.54) is 0 Å². The highest BCUT2D eigenvalue weighted by Gasteiger charge is 2.09. The Labute approximate surface area is 118 Å². The van der Waals surface area contributed by atoms with Crippen molar-refractivity contribution in [2.75, 3.05) is 37.5 Å². The Morgan fingerprint density at radius 1 is 1.35 bits per heavy atom. The van der Waals surface area contributed by atoms with Crippen LogP contribution in [0.5, 0.6) is 0 Å². The van der Waals surface area contributed by atoms with Crippen molar-refractivity contribution in [3.05, 3.63) is 29.8 Å². The van der Waals surface area contributed by atoms with Gasteiger partial charge in [0.1, 0.15) is 9.84 Å². The molecule has 0 saturated carbocycles. The molecule has 108 valence electrons. The first-order chi connectivity index (χ1) is 9.30. The number of nitrogens with zero attached hydrogens (tertiary/aromatic N) is 2. The van der Waals surface area contributed by atoms with Crippen molar-refractivity contribution >= 4 is 21.4 Å². The highest BCUT2D eigenvalue weighted by atomic mass is 32.2. The molecule has 6 nitrogen and oxygen atoms in total. The highest BCUT2D eigenvalue weighted by Crippen LogP contribution is 2.08. The first-order valence-electron chi connectivity index (χ1n) is 5.96. The zero-order chi connectivity index (χ0) is 15.2. The number of nitriles is 1. The van der Waals surface area contributed by atoms with Crippen LogP contribution in [0.1, 0.15) is 5.56 Å². The molecule has 0 spiro atoms. The first-order valence-corrected chi connectivity index (χ1v) is 8.02. The molecule has 7 heteroatoms. The Kier molecular flexibility index (Phi) is 5.67. The van der Waals surface area contributed by atoms with Crippen LogP contribution < -0.4 is 5.32 Å². The average molecular weight is 295 g/mol. The van der Waals surface area contributed by atoms with Gasteiger partial charge < -0.3 is 5.32 Å². The SMILES string of the molecule is CN(CCS(C)(=O)=O)CC(=O)Nc1ccc(C#N)cc1. The van der Waals surface area contributed by atoms with Gasteiger partial charge in [-0.2, -0.15) is 5.26 Å². The second-order valence-corrected chi connectivity index (χ2v) is 6.86. The van der Waals surface area contributed by atoms with Gasteiger partial charge in [-0.05, 0) is 31.3 Å². The van der Waals surface area contributed by atoms with E-state index in [4.69, 9.17) is 5.26 Å². The van der Waals surface area contributed by atoms with E-state index >= 15 is 0 Å². The van der Waals surface area contributed by atoms with Gasteiger partial charge >= 0.3 is 0 Å². The Balaban J connectivity index is 2.44. The van der Waals surface area contributed by atoms with E-state index in [1.807, 2.05) is 6.07 Å². The van der Waals surface area contributed by atoms with Crippen LogP contribution in [0, 0.1) is 11.3 Å². The maximum atomic E-state index is 11.7. The molecule has 0 aromatic heterocycles. The molecule has 0 aliphatic carbocycles. The van der Waals surface area contributed by atoms with E-state index in [0.29, 0.717) is 17.8 Å². The van der Waals surface area contributed by atoms with Crippen LogP contribution in [0.3, 0.4) is 0 Å². The molecule has 0 fully saturated rings. The molecule has 0 aliphatic heterocycles. The van der Waals surface area contributed by atoms with Gasteiger partial charge in [0, 0.05) is 18.5 Å². The van der Waals surface area contributed by atoms with Gasteiger partial charge in [-0.25, -0.2) is 8.42 Å². The molecule has 1 rings (SSSR count). The number of benzene rings is 1. The van der Waals surface area contributed by atoms with E-state index in [1.54, 1.807) is 36.2 Å². The maximum Gasteiger partial charge on any atom is 0.238 e. The summed E-state index contributed by atoms with van der Waals surface area (Å²) in [5.41, 5.74) is 1.12. The Morgan fingerprint density at radius 2 is 1.95 bits per heavy atom. The van der Waals surface area contributed by atoms with Gasteiger partial charge in [0.15, 0.2) is 0 Å². The third-order valence-corrected chi connectivity index (χ3v) is 3.48. The number of amides is 1. The van der Waals surface area contributed by atoms with Crippen molar-refractivity contribution in [1.29, 1.82) is 5.26 Å². The summed E-state index contributed by atoms with van der Waals surface area (Å²) in [6, 6.07) is 8.51. The van der Waals surface area contributed by atoms with E-state index < -0.39 is 9.84 Å². The molecule has 1 amide bonds. The molecule has 0 bridgehead atoms. The van der Waals surface area contributed by atoms with Crippen molar-refractivity contribution in [3.63, 3.8) is 0 Å². The monoisotopic (exact) mass is 295 g/mol. The third kappa shape index (κ3) is 6.31. The smallest absolute Gasteiger partial charge is 0.238 e. The van der Waals surface area contributed by atoms with Crippen LogP contribution in [0.2, 0.25) is 0 Å². The number of anilines is 1. The minimum absolute atomic E-state index is 0.0215. The van der Waals surface area contributed by atoms with Crippen LogP contribution >= 0.6 is 0 Å². The van der Waals surface area contributed by atoms with Crippen LogP contribution in [0.4, 0.5) is 5.69 Å². The Bertz CT molecular complexity index is 603. The quantitative estimate of drug-likeness (QED) is 0.824. The van der Waals surface area contributed by atoms with Gasteiger partial charge in [0.2, 0.25) is 5.91 Å². The summed E-state index contributed by atoms with van der Waals surface area (Å²) in [4.78, 5) is 13.4. The molecule has 0 heterocycles. The minimum Gasteiger partial charge on any atom is -0.325 e. The Morgan fingerprint density at radius 3 is 2.45 bits per heavy atom. The summed E-state index contributed by atoms with van der Waals surface area (Å²) >= 11 is 0. The van der Waals surface area contributed by atoms with Crippen LogP contribution in [-0.2, 0) is 14.6 Å². The van der Waals surface area contributed by atoms with E-state index in [-0.39, 0.29) is 18.2 Å². The number of likely N-dealkylation sites (N-methyl/N-ethyl adjacent to an activating group) is 1. The average Bonchev–Trinajstić information content (AvgIpc) is 2.36. The van der Waals surface area contributed by atoms with Crippen LogP contribution in [0.15, 0.2) is 24.3 Å². The summed E-state index contributed by atoms with van der Waals surface area (Å²) in [6.45, 7) is 0.412. The molecule has 1 aromatic carbocycles. The molecule has 0 radical (unpaired) electrons. The standard InChI is InChI=1S/C13H17N3O3S/c1-16(7-8-20(2,18)19)10-13(17)15-12-5-3-11(9-14)4-6-12/h3-6H,7-8,10H2,1-2H3,(H,15,17). The van der Waals surface area contributed by atoms with Gasteiger partial charge in [0.25, 0.3) is 0 Å². The third-order valence-electron chi connectivity index (χ3n) is 2.56. The van der Waals surface area contributed by atoms with Gasteiger partial charge in [0.05, 0.1) is 23.9 Å². The van der Waals surface area contributed by atoms with E-state index in [2.05, 4.69) is 5.32 Å². The summed E-state index contributed by atoms with van der Waals surface area (Å²) in [5.74, 6) is -0.209. The van der Waals surface area contributed by atoms with E-state index in [9.17, 15) is 13.2 Å². The Hall–Kier alpha value is -1.91. The summed E-state index contributed by atoms with van der Waals surface area (Å²) in [6.07, 6.45) is 1.16. The predicted molar refractivity (Wildman–Crippen MR) is 77.0 cm³/mol. The molecule has 0 aliphatic rings. The number of sulfone groups is 1. The lowest BCUT2D eigenvalue weighted by molar-refractivity contribution is -0.117. The molecular formula is C13H17N3O3S. The number of nitrogens with one attached hydrogen (secondary N) is 1. The summed E-state index contributed by atoms with van der Waals surface area (Å²) in [5, 5.41) is 11.3. The van der Waals surface area contributed by atoms with Gasteiger partial charge in [-0.1, -0.05) is 0 Å². The normalized spacial score (nSPS) is 11.1. The predicted octanol–water partition coefficient (Wildman–Crippen LogP) is 0.473. The number of hydrogen-bond acceptors (Lipinski definition) is 5. The molecule has 1 N–H and O–H groups in total. The lowest BCUT2D eigenvalue weighted by Gasteiger charge is -2.15. The summed E-state index contributed by atoms with van der Waals surface area (Å²) in [7, 11) is -1.34. The molecule has 0 unspecified atom stereocenters. The van der Waals surface area contributed by atoms with Crippen LogP contribution in [0.25, 0.3) is 0 Å². The fourth-order valence-electron chi connectivity index (χ4n) is 1.47. The maximum absolute atomic E-state index is 11.7. The number of hydrogen-bond donors (Lipinski definition) is 1. The molecule has 0 saturated heterocycles. The molecule has 20 heavy (non-hydrogen) atoms. The fourth-order valence-corrected chi connectivity index (χ4v) is 2.12. The number of rotatable bonds is 6. The van der Waals surface area contributed by atoms with E-state index in [0.717, 1.165) is 6.26 Å². The van der Waals surface area contributed by atoms with Gasteiger partial charge in [-0.15, -0.1) is 0 Å². The highest BCUT2D eigenvalue weighted by molar-refractivity contribution is 7.90. The zero-order valence-electron chi connectivity index (χ0n) is 11.5. The number of carbonyl (C=O) groups excluding carboxylic acids is 1. The largest absolute Gasteiger partial charge is 0.325 e.